The minimum Gasteiger partial charge on any atom is -0.351 e. The predicted molar refractivity (Wildman–Crippen MR) is 111 cm³/mol. The van der Waals surface area contributed by atoms with Crippen molar-refractivity contribution in [3.63, 3.8) is 0 Å². The molecule has 0 unspecified atom stereocenters. The normalized spacial score (nSPS) is 10.8. The summed E-state index contributed by atoms with van der Waals surface area (Å²) in [6.07, 6.45) is 3.11. The standard InChI is InChI=1S/C22H19FN2O2S/c23-19-9-5-4-8-18(19)20-12-10-17(28-20)11-13-21(26)24-14-15-25-22(27)16-6-2-1-3-7-16/h1-13H,14-15H2,(H,24,26)(H,25,27). The van der Waals surface area contributed by atoms with Gasteiger partial charge < -0.3 is 10.6 Å². The predicted octanol–water partition coefficient (Wildman–Crippen LogP) is 4.11. The molecule has 2 aromatic carbocycles. The average molecular weight is 394 g/mol. The molecule has 0 radical (unpaired) electrons. The van der Waals surface area contributed by atoms with Gasteiger partial charge in [0.25, 0.3) is 5.91 Å². The number of thiophene rings is 1. The smallest absolute Gasteiger partial charge is 0.251 e. The molecule has 0 aliphatic carbocycles. The molecule has 2 amide bonds. The zero-order valence-corrected chi connectivity index (χ0v) is 15.8. The number of carbonyl (C=O) groups excluding carboxylic acids is 2. The number of amides is 2. The van der Waals surface area contributed by atoms with Gasteiger partial charge in [0.2, 0.25) is 5.91 Å². The summed E-state index contributed by atoms with van der Waals surface area (Å²) in [5, 5.41) is 5.46. The maximum atomic E-state index is 13.8. The van der Waals surface area contributed by atoms with Crippen LogP contribution in [0.1, 0.15) is 15.2 Å². The number of hydrogen-bond acceptors (Lipinski definition) is 3. The number of rotatable bonds is 7. The van der Waals surface area contributed by atoms with Crippen LogP contribution in [0.15, 0.2) is 72.8 Å². The highest BCUT2D eigenvalue weighted by atomic mass is 32.1. The molecule has 3 aromatic rings. The molecule has 3 rings (SSSR count). The lowest BCUT2D eigenvalue weighted by molar-refractivity contribution is -0.116. The Labute approximate surface area is 166 Å². The van der Waals surface area contributed by atoms with Crippen LogP contribution in [0.4, 0.5) is 4.39 Å². The van der Waals surface area contributed by atoms with Crippen molar-refractivity contribution in [2.75, 3.05) is 13.1 Å². The molecule has 0 aliphatic heterocycles. The zero-order chi connectivity index (χ0) is 19.8. The van der Waals surface area contributed by atoms with Crippen LogP contribution in [0.25, 0.3) is 16.5 Å². The minimum absolute atomic E-state index is 0.176. The first-order valence-electron chi connectivity index (χ1n) is 8.77. The fourth-order valence-electron chi connectivity index (χ4n) is 2.52. The summed E-state index contributed by atoms with van der Waals surface area (Å²) in [5.41, 5.74) is 1.13. The van der Waals surface area contributed by atoms with E-state index in [9.17, 15) is 14.0 Å². The van der Waals surface area contributed by atoms with Gasteiger partial charge in [-0.05, 0) is 36.4 Å². The number of halogens is 1. The van der Waals surface area contributed by atoms with E-state index >= 15 is 0 Å². The molecule has 0 atom stereocenters. The van der Waals surface area contributed by atoms with E-state index in [2.05, 4.69) is 10.6 Å². The van der Waals surface area contributed by atoms with Crippen LogP contribution in [-0.2, 0) is 4.79 Å². The first-order valence-corrected chi connectivity index (χ1v) is 9.59. The molecule has 1 aromatic heterocycles. The molecule has 28 heavy (non-hydrogen) atoms. The number of benzene rings is 2. The monoisotopic (exact) mass is 394 g/mol. The third-order valence-corrected chi connectivity index (χ3v) is 4.99. The van der Waals surface area contributed by atoms with Crippen LogP contribution in [0.3, 0.4) is 0 Å². The van der Waals surface area contributed by atoms with Crippen LogP contribution in [0, 0.1) is 5.82 Å². The van der Waals surface area contributed by atoms with Crippen LogP contribution < -0.4 is 10.6 Å². The van der Waals surface area contributed by atoms with Gasteiger partial charge in [0, 0.05) is 40.0 Å². The summed E-state index contributed by atoms with van der Waals surface area (Å²) in [6, 6.07) is 19.2. The third kappa shape index (κ3) is 5.37. The maximum Gasteiger partial charge on any atom is 0.251 e. The second-order valence-corrected chi connectivity index (χ2v) is 7.04. The lowest BCUT2D eigenvalue weighted by Gasteiger charge is -2.05. The second kappa shape index (κ2) is 9.62. The molecule has 1 heterocycles. The van der Waals surface area contributed by atoms with Crippen molar-refractivity contribution < 1.29 is 14.0 Å². The fourth-order valence-corrected chi connectivity index (χ4v) is 3.46. The minimum atomic E-state index is -0.268. The van der Waals surface area contributed by atoms with Gasteiger partial charge in [-0.15, -0.1) is 11.3 Å². The van der Waals surface area contributed by atoms with Crippen LogP contribution >= 0.6 is 11.3 Å². The summed E-state index contributed by atoms with van der Waals surface area (Å²) >= 11 is 1.41. The Morgan fingerprint density at radius 3 is 2.39 bits per heavy atom. The summed E-state index contributed by atoms with van der Waals surface area (Å²) in [4.78, 5) is 25.4. The lowest BCUT2D eigenvalue weighted by Crippen LogP contribution is -2.33. The Morgan fingerprint density at radius 2 is 1.61 bits per heavy atom. The van der Waals surface area contributed by atoms with Gasteiger partial charge in [0.05, 0.1) is 0 Å². The van der Waals surface area contributed by atoms with Gasteiger partial charge >= 0.3 is 0 Å². The van der Waals surface area contributed by atoms with Gasteiger partial charge in [-0.2, -0.15) is 0 Å². The molecular weight excluding hydrogens is 375 g/mol. The van der Waals surface area contributed by atoms with Crippen molar-refractivity contribution in [3.05, 3.63) is 89.1 Å². The molecule has 2 N–H and O–H groups in total. The average Bonchev–Trinajstić information content (AvgIpc) is 3.19. The molecule has 0 bridgehead atoms. The molecule has 142 valence electrons. The third-order valence-electron chi connectivity index (χ3n) is 3.91. The Hall–Kier alpha value is -3.25. The van der Waals surface area contributed by atoms with E-state index in [1.54, 1.807) is 48.5 Å². The molecule has 0 aliphatic rings. The highest BCUT2D eigenvalue weighted by molar-refractivity contribution is 7.16. The Morgan fingerprint density at radius 1 is 0.893 bits per heavy atom. The second-order valence-electron chi connectivity index (χ2n) is 5.93. The summed E-state index contributed by atoms with van der Waals surface area (Å²) < 4.78 is 13.8. The molecule has 0 saturated heterocycles. The van der Waals surface area contributed by atoms with Gasteiger partial charge in [-0.3, -0.25) is 9.59 Å². The van der Waals surface area contributed by atoms with Gasteiger partial charge in [0.1, 0.15) is 5.82 Å². The van der Waals surface area contributed by atoms with Crippen molar-refractivity contribution >= 4 is 29.2 Å². The van der Waals surface area contributed by atoms with Crippen LogP contribution in [-0.4, -0.2) is 24.9 Å². The fraction of sp³-hybridized carbons (Fsp3) is 0.0909. The van der Waals surface area contributed by atoms with E-state index < -0.39 is 0 Å². The van der Waals surface area contributed by atoms with E-state index in [-0.39, 0.29) is 17.6 Å². The molecule has 4 nitrogen and oxygen atoms in total. The van der Waals surface area contributed by atoms with Crippen LogP contribution in [0.5, 0.6) is 0 Å². The number of hydrogen-bond donors (Lipinski definition) is 2. The van der Waals surface area contributed by atoms with Crippen LogP contribution in [0.2, 0.25) is 0 Å². The van der Waals surface area contributed by atoms with E-state index in [0.29, 0.717) is 24.2 Å². The van der Waals surface area contributed by atoms with E-state index in [1.807, 2.05) is 18.2 Å². The highest BCUT2D eigenvalue weighted by Gasteiger charge is 2.07. The van der Waals surface area contributed by atoms with Crippen molar-refractivity contribution in [3.8, 4) is 10.4 Å². The Kier molecular flexibility index (Phi) is 6.70. The van der Waals surface area contributed by atoms with E-state index in [0.717, 1.165) is 9.75 Å². The molecular formula is C22H19FN2O2S. The highest BCUT2D eigenvalue weighted by Crippen LogP contribution is 2.30. The Bertz CT molecular complexity index is 983. The molecule has 0 spiro atoms. The van der Waals surface area contributed by atoms with Crippen molar-refractivity contribution in [2.45, 2.75) is 0 Å². The summed E-state index contributed by atoms with van der Waals surface area (Å²) in [6.45, 7) is 0.663. The number of carbonyl (C=O) groups is 2. The lowest BCUT2D eigenvalue weighted by atomic mass is 10.2. The van der Waals surface area contributed by atoms with Gasteiger partial charge in [-0.25, -0.2) is 4.39 Å². The largest absolute Gasteiger partial charge is 0.351 e. The molecule has 6 heteroatoms. The zero-order valence-electron chi connectivity index (χ0n) is 15.0. The first-order chi connectivity index (χ1) is 13.6. The van der Waals surface area contributed by atoms with Crippen molar-refractivity contribution in [1.29, 1.82) is 0 Å². The maximum absolute atomic E-state index is 13.8. The summed E-state index contributed by atoms with van der Waals surface area (Å²) in [5.74, 6) is -0.699. The van der Waals surface area contributed by atoms with Gasteiger partial charge in [-0.1, -0.05) is 36.4 Å². The summed E-state index contributed by atoms with van der Waals surface area (Å²) in [7, 11) is 0. The van der Waals surface area contributed by atoms with Gasteiger partial charge in [0.15, 0.2) is 0 Å². The molecule has 0 saturated carbocycles. The van der Waals surface area contributed by atoms with Crippen molar-refractivity contribution in [1.82, 2.24) is 10.6 Å². The Balaban J connectivity index is 1.44. The van der Waals surface area contributed by atoms with E-state index in [4.69, 9.17) is 0 Å². The quantitative estimate of drug-likeness (QED) is 0.468. The van der Waals surface area contributed by atoms with Crippen molar-refractivity contribution in [2.24, 2.45) is 0 Å². The first kappa shape index (κ1) is 19.5. The SMILES string of the molecule is O=C(C=Cc1ccc(-c2ccccc2F)s1)NCCNC(=O)c1ccccc1. The topological polar surface area (TPSA) is 58.2 Å². The number of nitrogens with one attached hydrogen (secondary N) is 2. The van der Waals surface area contributed by atoms with E-state index in [1.165, 1.54) is 23.5 Å². The molecule has 0 fully saturated rings.